The molecule has 0 spiro atoms. The molecule has 0 saturated carbocycles. The summed E-state index contributed by atoms with van der Waals surface area (Å²) in [5, 5.41) is 0. The van der Waals surface area contributed by atoms with E-state index in [1.165, 1.54) is 50.7 Å². The van der Waals surface area contributed by atoms with Gasteiger partial charge in [-0.05, 0) is 12.0 Å². The van der Waals surface area contributed by atoms with Crippen LogP contribution in [0.15, 0.2) is 24.3 Å². The van der Waals surface area contributed by atoms with Crippen molar-refractivity contribution < 1.29 is 64.3 Å². The number of benzene rings is 1. The molecule has 0 aliphatic carbocycles. The van der Waals surface area contributed by atoms with Crippen molar-refractivity contribution in [2.75, 3.05) is 0 Å². The van der Waals surface area contributed by atoms with Crippen LogP contribution < -0.4 is 56.8 Å². The molecule has 114 valence electrons. The summed E-state index contributed by atoms with van der Waals surface area (Å²) in [7, 11) is 0. The predicted octanol–water partition coefficient (Wildman–Crippen LogP) is 1.89. The van der Waals surface area contributed by atoms with Gasteiger partial charge in [0.05, 0.1) is 0 Å². The van der Waals surface area contributed by atoms with Crippen molar-refractivity contribution in [2.45, 2.75) is 62.9 Å². The van der Waals surface area contributed by atoms with Crippen molar-refractivity contribution in [3.8, 4) is 0 Å². The molecule has 2 heterocycles. The molecular weight excluding hydrogens is 310 g/mol. The minimum Gasteiger partial charge on any atom is -0.445 e. The van der Waals surface area contributed by atoms with Gasteiger partial charge in [-0.1, -0.05) is 80.7 Å². The number of hydrogen-bond acceptors (Lipinski definition) is 0. The second-order valence-corrected chi connectivity index (χ2v) is 6.90. The van der Waals surface area contributed by atoms with Gasteiger partial charge in [-0.15, -0.1) is 5.46 Å². The van der Waals surface area contributed by atoms with E-state index in [1.807, 2.05) is 0 Å². The van der Waals surface area contributed by atoms with Crippen LogP contribution in [0.3, 0.4) is 0 Å². The number of rotatable bonds is 4. The van der Waals surface area contributed by atoms with Gasteiger partial charge in [-0.3, -0.25) is 0 Å². The van der Waals surface area contributed by atoms with Crippen molar-refractivity contribution in [1.82, 2.24) is 0 Å². The van der Waals surface area contributed by atoms with Gasteiger partial charge in [0, 0.05) is 0 Å². The molecular formula is C16H22B2F3K. The van der Waals surface area contributed by atoms with E-state index >= 15 is 0 Å². The van der Waals surface area contributed by atoms with E-state index in [2.05, 4.69) is 0 Å². The molecule has 22 heavy (non-hydrogen) atoms. The third kappa shape index (κ3) is 4.66. The number of hydrogen-bond donors (Lipinski definition) is 0. The first-order valence-corrected chi connectivity index (χ1v) is 8.33. The molecule has 1 aromatic rings. The Hall–Kier alpha value is 0.776. The Morgan fingerprint density at radius 2 is 1.41 bits per heavy atom. The summed E-state index contributed by atoms with van der Waals surface area (Å²) in [6, 6.07) is 5.83. The molecule has 2 fully saturated rings. The van der Waals surface area contributed by atoms with E-state index < -0.39 is 12.4 Å². The normalized spacial score (nSPS) is 24.8. The molecule has 0 amide bonds. The van der Waals surface area contributed by atoms with E-state index in [4.69, 9.17) is 0 Å². The van der Waals surface area contributed by atoms with Crippen molar-refractivity contribution >= 4 is 19.2 Å². The summed E-state index contributed by atoms with van der Waals surface area (Å²) in [5.74, 6) is 1.77. The quantitative estimate of drug-likeness (QED) is 0.739. The molecule has 0 aromatic heterocycles. The van der Waals surface area contributed by atoms with Crippen LogP contribution in [0.1, 0.15) is 44.1 Å². The van der Waals surface area contributed by atoms with Gasteiger partial charge in [0.2, 0.25) is 0 Å². The molecule has 2 aliphatic rings. The molecule has 3 rings (SSSR count). The standard InChI is InChI=1S/C16H22B2F3.K/c19-18(20,21)16-9-7-13(8-10-16)11-12-17-14-3-1-4-15(17)6-2-5-14;/h7-10,14-15H,1-6,11-12H2;/q-1;+1. The van der Waals surface area contributed by atoms with Crippen LogP contribution in [0.25, 0.3) is 0 Å². The van der Waals surface area contributed by atoms with Gasteiger partial charge in [-0.2, -0.15) is 0 Å². The zero-order chi connectivity index (χ0) is 14.9. The Morgan fingerprint density at radius 1 is 0.909 bits per heavy atom. The number of fused-ring (bicyclic) bond motifs is 2. The van der Waals surface area contributed by atoms with Crippen LogP contribution in [0, 0.1) is 0 Å². The van der Waals surface area contributed by atoms with Gasteiger partial charge < -0.3 is 12.9 Å². The third-order valence-electron chi connectivity index (χ3n) is 5.63. The summed E-state index contributed by atoms with van der Waals surface area (Å²) in [4.78, 5) is 0. The second kappa shape index (κ2) is 8.24. The molecule has 2 saturated heterocycles. The number of aryl methyl sites for hydroxylation is 1. The molecule has 6 heteroatoms. The second-order valence-electron chi connectivity index (χ2n) is 6.90. The van der Waals surface area contributed by atoms with E-state index in [0.717, 1.165) is 36.7 Å². The van der Waals surface area contributed by atoms with E-state index in [1.54, 1.807) is 12.1 Å². The monoisotopic (exact) mass is 332 g/mol. The molecule has 0 unspecified atom stereocenters. The first-order chi connectivity index (χ1) is 10.0. The van der Waals surface area contributed by atoms with Crippen LogP contribution in [-0.2, 0) is 6.42 Å². The Balaban J connectivity index is 0.00000176. The zero-order valence-corrected chi connectivity index (χ0v) is 16.5. The van der Waals surface area contributed by atoms with Gasteiger partial charge >= 0.3 is 58.4 Å². The van der Waals surface area contributed by atoms with Crippen molar-refractivity contribution in [3.05, 3.63) is 29.8 Å². The average molecular weight is 332 g/mol. The van der Waals surface area contributed by atoms with Crippen LogP contribution in [0.2, 0.25) is 18.0 Å². The summed E-state index contributed by atoms with van der Waals surface area (Å²) in [6.07, 6.45) is 10.3. The maximum absolute atomic E-state index is 12.6. The minimum atomic E-state index is -4.86. The van der Waals surface area contributed by atoms with Gasteiger partial charge in [-0.25, -0.2) is 0 Å². The van der Waals surface area contributed by atoms with Crippen LogP contribution in [0.5, 0.6) is 0 Å². The predicted molar refractivity (Wildman–Crippen MR) is 84.6 cm³/mol. The molecule has 0 N–H and O–H groups in total. The Bertz CT molecular complexity index is 453. The summed E-state index contributed by atoms with van der Waals surface area (Å²) in [6.45, 7) is -4.04. The Kier molecular flexibility index (Phi) is 7.16. The summed E-state index contributed by atoms with van der Waals surface area (Å²) in [5.41, 5.74) is 0.579. The van der Waals surface area contributed by atoms with Crippen LogP contribution in [-0.4, -0.2) is 13.7 Å². The van der Waals surface area contributed by atoms with Crippen molar-refractivity contribution in [2.24, 2.45) is 0 Å². The summed E-state index contributed by atoms with van der Waals surface area (Å²) >= 11 is 0. The van der Waals surface area contributed by atoms with E-state index in [9.17, 15) is 12.9 Å². The molecule has 2 aliphatic heterocycles. The Morgan fingerprint density at radius 3 is 1.86 bits per heavy atom. The molecule has 0 atom stereocenters. The molecule has 0 nitrogen and oxygen atoms in total. The Labute approximate surface area is 174 Å². The molecule has 0 radical (unpaired) electrons. The van der Waals surface area contributed by atoms with Gasteiger partial charge in [0.15, 0.2) is 0 Å². The molecule has 1 aromatic carbocycles. The van der Waals surface area contributed by atoms with Crippen LogP contribution >= 0.6 is 0 Å². The zero-order valence-electron chi connectivity index (χ0n) is 13.4. The van der Waals surface area contributed by atoms with Gasteiger partial charge in [0.25, 0.3) is 0 Å². The fourth-order valence-corrected chi connectivity index (χ4v) is 4.52. The maximum atomic E-state index is 12.6. The smallest absolute Gasteiger partial charge is 0.445 e. The maximum Gasteiger partial charge on any atom is 1.00 e. The van der Waals surface area contributed by atoms with E-state index in [-0.39, 0.29) is 51.4 Å². The fraction of sp³-hybridized carbons (Fsp3) is 0.625. The van der Waals surface area contributed by atoms with Crippen LogP contribution in [0.4, 0.5) is 12.9 Å². The number of halogens is 3. The third-order valence-corrected chi connectivity index (χ3v) is 5.63. The van der Waals surface area contributed by atoms with Gasteiger partial charge in [0.1, 0.15) is 6.71 Å². The minimum absolute atomic E-state index is 0. The SMILES string of the molecule is F[B-](F)(F)c1ccc(CCB2C3CCCC2CCC3)cc1.[K+]. The first-order valence-electron chi connectivity index (χ1n) is 8.33. The fourth-order valence-electron chi connectivity index (χ4n) is 4.52. The average Bonchev–Trinajstić information content (AvgIpc) is 2.44. The first kappa shape index (κ1) is 19.1. The topological polar surface area (TPSA) is 0 Å². The largest absolute Gasteiger partial charge is 1.00 e. The molecule has 2 bridgehead atoms. The summed E-state index contributed by atoms with van der Waals surface area (Å²) < 4.78 is 37.8. The van der Waals surface area contributed by atoms with E-state index in [0.29, 0.717) is 0 Å². The van der Waals surface area contributed by atoms with Crippen molar-refractivity contribution in [1.29, 1.82) is 0 Å². The van der Waals surface area contributed by atoms with Crippen molar-refractivity contribution in [3.63, 3.8) is 0 Å².